The lowest BCUT2D eigenvalue weighted by atomic mass is 9.97. The van der Waals surface area contributed by atoms with E-state index in [1.807, 2.05) is 0 Å². The molecule has 0 atom stereocenters. The van der Waals surface area contributed by atoms with E-state index in [1.165, 1.54) is 19.2 Å². The van der Waals surface area contributed by atoms with Gasteiger partial charge in [-0.25, -0.2) is 0 Å². The molecule has 0 bridgehead atoms. The van der Waals surface area contributed by atoms with Crippen LogP contribution in [0.5, 0.6) is 11.5 Å². The second-order valence-corrected chi connectivity index (χ2v) is 5.67. The largest absolute Gasteiger partial charge is 0.507 e. The van der Waals surface area contributed by atoms with E-state index in [4.69, 9.17) is 4.74 Å². The Bertz CT molecular complexity index is 883. The van der Waals surface area contributed by atoms with Crippen molar-refractivity contribution >= 4 is 11.6 Å². The molecule has 150 valence electrons. The molecule has 0 fully saturated rings. The topological polar surface area (TPSA) is 63.6 Å². The van der Waals surface area contributed by atoms with Gasteiger partial charge in [-0.3, -0.25) is 9.59 Å². The molecule has 0 spiro atoms. The number of carbonyl (C=O) groups excluding carboxylic acids is 2. The van der Waals surface area contributed by atoms with E-state index in [2.05, 4.69) is 0 Å². The number of benzene rings is 2. The van der Waals surface area contributed by atoms with E-state index >= 15 is 0 Å². The lowest BCUT2D eigenvalue weighted by molar-refractivity contribution is -0.143. The first-order chi connectivity index (χ1) is 12.8. The van der Waals surface area contributed by atoms with Crippen molar-refractivity contribution in [3.63, 3.8) is 0 Å². The minimum atomic E-state index is -5.12. The third-order valence-electron chi connectivity index (χ3n) is 3.73. The SMILES string of the molecule is COc1cccc(O)c1C(=O)CC(=O)c1cc(C(F)(F)F)cc(C(F)(F)F)c1. The molecular formula is C18H12F6O4. The van der Waals surface area contributed by atoms with E-state index in [0.29, 0.717) is 0 Å². The predicted molar refractivity (Wildman–Crippen MR) is 84.4 cm³/mol. The number of carbonyl (C=O) groups is 2. The van der Waals surface area contributed by atoms with Gasteiger partial charge in [-0.2, -0.15) is 26.3 Å². The number of phenols is 1. The van der Waals surface area contributed by atoms with E-state index in [9.17, 15) is 41.0 Å². The van der Waals surface area contributed by atoms with Gasteiger partial charge in [-0.05, 0) is 30.3 Å². The molecule has 0 saturated carbocycles. The van der Waals surface area contributed by atoms with Crippen LogP contribution in [0.3, 0.4) is 0 Å². The summed E-state index contributed by atoms with van der Waals surface area (Å²) in [5.41, 5.74) is -4.66. The normalized spacial score (nSPS) is 12.0. The lowest BCUT2D eigenvalue weighted by Crippen LogP contribution is -2.15. The third-order valence-corrected chi connectivity index (χ3v) is 3.73. The molecule has 0 unspecified atom stereocenters. The average Bonchev–Trinajstić information content (AvgIpc) is 2.59. The second kappa shape index (κ2) is 7.53. The summed E-state index contributed by atoms with van der Waals surface area (Å²) in [6, 6.07) is 4.12. The van der Waals surface area contributed by atoms with Gasteiger partial charge in [0, 0.05) is 5.56 Å². The van der Waals surface area contributed by atoms with Crippen LogP contribution in [0, 0.1) is 0 Å². The highest BCUT2D eigenvalue weighted by Crippen LogP contribution is 2.37. The summed E-state index contributed by atoms with van der Waals surface area (Å²) >= 11 is 0. The van der Waals surface area contributed by atoms with Crippen LogP contribution in [0.1, 0.15) is 38.3 Å². The van der Waals surface area contributed by atoms with E-state index in [1.54, 1.807) is 0 Å². The van der Waals surface area contributed by atoms with Gasteiger partial charge in [-0.1, -0.05) is 6.07 Å². The van der Waals surface area contributed by atoms with E-state index in [0.717, 1.165) is 6.07 Å². The Hall–Kier alpha value is -3.04. The van der Waals surface area contributed by atoms with Crippen LogP contribution in [0.25, 0.3) is 0 Å². The average molecular weight is 406 g/mol. The monoisotopic (exact) mass is 406 g/mol. The molecule has 10 heteroatoms. The molecule has 0 heterocycles. The smallest absolute Gasteiger partial charge is 0.416 e. The number of Topliss-reactive ketones (excluding diaryl/α,β-unsaturated/α-hetero) is 2. The van der Waals surface area contributed by atoms with E-state index in [-0.39, 0.29) is 23.9 Å². The highest BCUT2D eigenvalue weighted by molar-refractivity contribution is 6.15. The maximum Gasteiger partial charge on any atom is 0.416 e. The number of phenolic OH excluding ortho intramolecular Hbond substituents is 1. The van der Waals surface area contributed by atoms with Gasteiger partial charge in [-0.15, -0.1) is 0 Å². The van der Waals surface area contributed by atoms with Gasteiger partial charge in [0.15, 0.2) is 11.6 Å². The van der Waals surface area contributed by atoms with Crippen LogP contribution in [0.2, 0.25) is 0 Å². The van der Waals surface area contributed by atoms with Crippen LogP contribution in [-0.2, 0) is 12.4 Å². The molecule has 2 aromatic carbocycles. The molecular weight excluding hydrogens is 394 g/mol. The van der Waals surface area contributed by atoms with Crippen molar-refractivity contribution in [1.82, 2.24) is 0 Å². The van der Waals surface area contributed by atoms with Crippen molar-refractivity contribution in [3.8, 4) is 11.5 Å². The molecule has 0 saturated heterocycles. The molecule has 0 radical (unpaired) electrons. The summed E-state index contributed by atoms with van der Waals surface area (Å²) in [7, 11) is 1.18. The molecule has 0 aliphatic heterocycles. The summed E-state index contributed by atoms with van der Waals surface area (Å²) in [5, 5.41) is 9.77. The van der Waals surface area contributed by atoms with Crippen LogP contribution in [0.15, 0.2) is 36.4 Å². The Balaban J connectivity index is 2.43. The number of aromatic hydroxyl groups is 1. The number of methoxy groups -OCH3 is 1. The number of rotatable bonds is 5. The predicted octanol–water partition coefficient (Wildman–Crippen LogP) is 4.89. The Morgan fingerprint density at radius 1 is 0.929 bits per heavy atom. The zero-order chi connectivity index (χ0) is 21.3. The first kappa shape index (κ1) is 21.3. The van der Waals surface area contributed by atoms with Gasteiger partial charge in [0.25, 0.3) is 0 Å². The summed E-state index contributed by atoms with van der Waals surface area (Å²) in [6.45, 7) is 0. The van der Waals surface area contributed by atoms with Crippen LogP contribution < -0.4 is 4.74 Å². The zero-order valence-electron chi connectivity index (χ0n) is 14.1. The van der Waals surface area contributed by atoms with Crippen LogP contribution in [0.4, 0.5) is 26.3 Å². The van der Waals surface area contributed by atoms with Gasteiger partial charge in [0.2, 0.25) is 0 Å². The number of hydrogen-bond donors (Lipinski definition) is 1. The number of hydrogen-bond acceptors (Lipinski definition) is 4. The minimum Gasteiger partial charge on any atom is -0.507 e. The van der Waals surface area contributed by atoms with Crippen molar-refractivity contribution in [3.05, 3.63) is 58.7 Å². The fraction of sp³-hybridized carbons (Fsp3) is 0.222. The quantitative estimate of drug-likeness (QED) is 0.436. The first-order valence-electron chi connectivity index (χ1n) is 7.56. The van der Waals surface area contributed by atoms with Crippen molar-refractivity contribution in [2.75, 3.05) is 7.11 Å². The Labute approximate surface area is 154 Å². The maximum absolute atomic E-state index is 12.9. The minimum absolute atomic E-state index is 0.0992. The summed E-state index contributed by atoms with van der Waals surface area (Å²) in [5.74, 6) is -2.94. The summed E-state index contributed by atoms with van der Waals surface area (Å²) < 4.78 is 82.2. The van der Waals surface area contributed by atoms with E-state index < -0.39 is 58.3 Å². The summed E-state index contributed by atoms with van der Waals surface area (Å²) in [6.07, 6.45) is -11.3. The molecule has 0 aromatic heterocycles. The second-order valence-electron chi connectivity index (χ2n) is 5.67. The van der Waals surface area contributed by atoms with Crippen LogP contribution >= 0.6 is 0 Å². The molecule has 2 rings (SSSR count). The van der Waals surface area contributed by atoms with Crippen molar-refractivity contribution < 1.29 is 45.8 Å². The Kier molecular flexibility index (Phi) is 5.72. The Morgan fingerprint density at radius 2 is 1.46 bits per heavy atom. The highest BCUT2D eigenvalue weighted by Gasteiger charge is 2.37. The summed E-state index contributed by atoms with van der Waals surface area (Å²) in [4.78, 5) is 24.5. The van der Waals surface area contributed by atoms with Crippen molar-refractivity contribution in [1.29, 1.82) is 0 Å². The molecule has 1 N–H and O–H groups in total. The Morgan fingerprint density at radius 3 is 1.93 bits per heavy atom. The molecule has 0 amide bonds. The van der Waals surface area contributed by atoms with Crippen LogP contribution in [-0.4, -0.2) is 23.8 Å². The maximum atomic E-state index is 12.9. The van der Waals surface area contributed by atoms with Gasteiger partial charge in [0.05, 0.1) is 24.7 Å². The fourth-order valence-electron chi connectivity index (χ4n) is 2.42. The number of alkyl halides is 6. The van der Waals surface area contributed by atoms with Gasteiger partial charge in [0.1, 0.15) is 17.1 Å². The highest BCUT2D eigenvalue weighted by atomic mass is 19.4. The van der Waals surface area contributed by atoms with Gasteiger partial charge < -0.3 is 9.84 Å². The molecule has 2 aromatic rings. The number of ketones is 2. The molecule has 28 heavy (non-hydrogen) atoms. The van der Waals surface area contributed by atoms with Gasteiger partial charge >= 0.3 is 12.4 Å². The molecule has 0 aliphatic rings. The number of halogens is 6. The lowest BCUT2D eigenvalue weighted by Gasteiger charge is -2.14. The van der Waals surface area contributed by atoms with Crippen molar-refractivity contribution in [2.45, 2.75) is 18.8 Å². The third kappa shape index (κ3) is 4.62. The van der Waals surface area contributed by atoms with Crippen molar-refractivity contribution in [2.24, 2.45) is 0 Å². The standard InChI is InChI=1S/C18H12F6O4/c1-28-15-4-2-3-12(25)16(15)14(27)8-13(26)9-5-10(17(19,20)21)7-11(6-9)18(22,23)24/h2-7,25H,8H2,1H3. The number of ether oxygens (including phenoxy) is 1. The molecule has 4 nitrogen and oxygen atoms in total. The fourth-order valence-corrected chi connectivity index (χ4v) is 2.42. The molecule has 0 aliphatic carbocycles. The first-order valence-corrected chi connectivity index (χ1v) is 7.56. The zero-order valence-corrected chi connectivity index (χ0v) is 14.1.